The van der Waals surface area contributed by atoms with Crippen LogP contribution in [-0.4, -0.2) is 30.4 Å². The summed E-state index contributed by atoms with van der Waals surface area (Å²) >= 11 is 0. The molecule has 0 bridgehead atoms. The number of halogens is 1. The number of benzene rings is 1. The molecule has 3 rings (SSSR count). The van der Waals surface area contributed by atoms with Crippen molar-refractivity contribution in [1.29, 1.82) is 0 Å². The van der Waals surface area contributed by atoms with Crippen LogP contribution in [0.3, 0.4) is 0 Å². The van der Waals surface area contributed by atoms with E-state index in [1.165, 1.54) is 12.8 Å². The fraction of sp³-hybridized carbons (Fsp3) is 0.316. The van der Waals surface area contributed by atoms with E-state index < -0.39 is 0 Å². The molecule has 1 aromatic heterocycles. The van der Waals surface area contributed by atoms with E-state index in [0.717, 1.165) is 24.4 Å². The van der Waals surface area contributed by atoms with Gasteiger partial charge in [0, 0.05) is 12.6 Å². The molecule has 128 valence electrons. The summed E-state index contributed by atoms with van der Waals surface area (Å²) < 4.78 is 5.56. The molecule has 24 heavy (non-hydrogen) atoms. The predicted octanol–water partition coefficient (Wildman–Crippen LogP) is 3.67. The van der Waals surface area contributed by atoms with E-state index in [1.807, 2.05) is 48.5 Å². The fourth-order valence-electron chi connectivity index (χ4n) is 2.94. The largest absolute Gasteiger partial charge is 0.468 e. The van der Waals surface area contributed by atoms with E-state index in [0.29, 0.717) is 6.54 Å². The molecule has 1 aliphatic rings. The summed E-state index contributed by atoms with van der Waals surface area (Å²) in [6.07, 6.45) is 7.51. The number of carbonyl (C=O) groups is 1. The van der Waals surface area contributed by atoms with Gasteiger partial charge in [-0.3, -0.25) is 9.69 Å². The summed E-state index contributed by atoms with van der Waals surface area (Å²) in [6, 6.07) is 13.8. The smallest absolute Gasteiger partial charge is 0.244 e. The van der Waals surface area contributed by atoms with Crippen molar-refractivity contribution in [3.05, 3.63) is 66.1 Å². The lowest BCUT2D eigenvalue weighted by molar-refractivity contribution is -0.116. The molecule has 1 unspecified atom stereocenters. The number of hydrogen-bond donors (Lipinski definition) is 1. The SMILES string of the molecule is Cl.O=C(/C=C/c1ccccc1)NCC(c1ccco1)N1CCCC1. The Kier molecular flexibility index (Phi) is 7.09. The van der Waals surface area contributed by atoms with Crippen LogP contribution < -0.4 is 5.32 Å². The van der Waals surface area contributed by atoms with Crippen LogP contribution in [0.5, 0.6) is 0 Å². The molecule has 0 spiro atoms. The van der Waals surface area contributed by atoms with Crippen molar-refractivity contribution in [2.24, 2.45) is 0 Å². The Bertz CT molecular complexity index is 635. The minimum Gasteiger partial charge on any atom is -0.468 e. The Hall–Kier alpha value is -2.04. The van der Waals surface area contributed by atoms with Gasteiger partial charge in [-0.05, 0) is 49.7 Å². The summed E-state index contributed by atoms with van der Waals surface area (Å²) in [4.78, 5) is 14.4. The van der Waals surface area contributed by atoms with Gasteiger partial charge < -0.3 is 9.73 Å². The Labute approximate surface area is 148 Å². The highest BCUT2D eigenvalue weighted by Crippen LogP contribution is 2.24. The fourth-order valence-corrected chi connectivity index (χ4v) is 2.94. The monoisotopic (exact) mass is 346 g/mol. The number of rotatable bonds is 6. The van der Waals surface area contributed by atoms with Gasteiger partial charge in [-0.2, -0.15) is 0 Å². The van der Waals surface area contributed by atoms with Crippen LogP contribution >= 0.6 is 12.4 Å². The molecule has 1 N–H and O–H groups in total. The van der Waals surface area contributed by atoms with E-state index in [4.69, 9.17) is 4.42 Å². The van der Waals surface area contributed by atoms with E-state index in [9.17, 15) is 4.79 Å². The van der Waals surface area contributed by atoms with Gasteiger partial charge in [0.1, 0.15) is 5.76 Å². The van der Waals surface area contributed by atoms with E-state index in [-0.39, 0.29) is 24.4 Å². The summed E-state index contributed by atoms with van der Waals surface area (Å²) in [5.41, 5.74) is 1.02. The standard InChI is InChI=1S/C19H22N2O2.ClH/c22-19(11-10-16-7-2-1-3-8-16)20-15-17(18-9-6-14-23-18)21-12-4-5-13-21;/h1-3,6-11,14,17H,4-5,12-13,15H2,(H,20,22);1H/b11-10+;. The Morgan fingerprint density at radius 1 is 1.17 bits per heavy atom. The molecule has 1 saturated heterocycles. The zero-order chi connectivity index (χ0) is 15.9. The zero-order valence-electron chi connectivity index (χ0n) is 13.6. The van der Waals surface area contributed by atoms with Gasteiger partial charge in [-0.25, -0.2) is 0 Å². The molecule has 0 radical (unpaired) electrons. The summed E-state index contributed by atoms with van der Waals surface area (Å²) in [5, 5.41) is 2.99. The molecule has 2 aromatic rings. The van der Waals surface area contributed by atoms with E-state index in [2.05, 4.69) is 10.2 Å². The van der Waals surface area contributed by atoms with E-state index >= 15 is 0 Å². The third-order valence-electron chi connectivity index (χ3n) is 4.15. The topological polar surface area (TPSA) is 45.5 Å². The second-order valence-electron chi connectivity index (χ2n) is 5.76. The molecule has 0 saturated carbocycles. The molecule has 1 atom stereocenters. The number of hydrogen-bond acceptors (Lipinski definition) is 3. The van der Waals surface area contributed by atoms with Crippen molar-refractivity contribution >= 4 is 24.4 Å². The normalized spacial score (nSPS) is 16.0. The number of amides is 1. The maximum Gasteiger partial charge on any atom is 0.244 e. The molecular weight excluding hydrogens is 324 g/mol. The summed E-state index contributed by atoms with van der Waals surface area (Å²) in [7, 11) is 0. The second kappa shape index (κ2) is 9.30. The highest BCUT2D eigenvalue weighted by atomic mass is 35.5. The first-order chi connectivity index (χ1) is 11.3. The Morgan fingerprint density at radius 3 is 2.58 bits per heavy atom. The number of nitrogens with one attached hydrogen (secondary N) is 1. The number of furan rings is 1. The lowest BCUT2D eigenvalue weighted by Gasteiger charge is -2.25. The first-order valence-electron chi connectivity index (χ1n) is 8.11. The van der Waals surface area contributed by atoms with E-state index in [1.54, 1.807) is 12.3 Å². The van der Waals surface area contributed by atoms with Gasteiger partial charge in [0.05, 0.1) is 12.3 Å². The first-order valence-corrected chi connectivity index (χ1v) is 8.11. The van der Waals surface area contributed by atoms with Gasteiger partial charge in [0.15, 0.2) is 0 Å². The molecule has 1 aromatic carbocycles. The van der Waals surface area contributed by atoms with Gasteiger partial charge in [-0.1, -0.05) is 30.3 Å². The third-order valence-corrected chi connectivity index (χ3v) is 4.15. The Balaban J connectivity index is 0.00000208. The van der Waals surface area contributed by atoms with Crippen LogP contribution in [0.4, 0.5) is 0 Å². The molecule has 1 amide bonds. The van der Waals surface area contributed by atoms with Crippen molar-refractivity contribution < 1.29 is 9.21 Å². The zero-order valence-corrected chi connectivity index (χ0v) is 14.4. The van der Waals surface area contributed by atoms with Crippen molar-refractivity contribution in [1.82, 2.24) is 10.2 Å². The van der Waals surface area contributed by atoms with Crippen molar-refractivity contribution in [3.8, 4) is 0 Å². The molecule has 2 heterocycles. The minimum atomic E-state index is -0.0791. The Morgan fingerprint density at radius 2 is 1.92 bits per heavy atom. The molecule has 0 aliphatic carbocycles. The number of nitrogens with zero attached hydrogens (tertiary/aromatic N) is 1. The number of carbonyl (C=O) groups excluding carboxylic acids is 1. The van der Waals surface area contributed by atoms with Gasteiger partial charge in [0.25, 0.3) is 0 Å². The summed E-state index contributed by atoms with van der Waals surface area (Å²) in [6.45, 7) is 2.67. The molecular formula is C19H23ClN2O2. The van der Waals surface area contributed by atoms with Gasteiger partial charge in [0.2, 0.25) is 5.91 Å². The minimum absolute atomic E-state index is 0. The maximum absolute atomic E-state index is 12.1. The lowest BCUT2D eigenvalue weighted by atomic mass is 10.2. The maximum atomic E-state index is 12.1. The molecule has 4 nitrogen and oxygen atoms in total. The van der Waals surface area contributed by atoms with Crippen LogP contribution in [-0.2, 0) is 4.79 Å². The predicted molar refractivity (Wildman–Crippen MR) is 98.0 cm³/mol. The average molecular weight is 347 g/mol. The van der Waals surface area contributed by atoms with Crippen LogP contribution in [0.2, 0.25) is 0 Å². The van der Waals surface area contributed by atoms with Crippen molar-refractivity contribution in [2.45, 2.75) is 18.9 Å². The quantitative estimate of drug-likeness (QED) is 0.812. The lowest BCUT2D eigenvalue weighted by Crippen LogP contribution is -2.36. The molecule has 5 heteroatoms. The highest BCUT2D eigenvalue weighted by Gasteiger charge is 2.25. The van der Waals surface area contributed by atoms with Crippen LogP contribution in [0.1, 0.15) is 30.2 Å². The number of likely N-dealkylation sites (tertiary alicyclic amines) is 1. The second-order valence-corrected chi connectivity index (χ2v) is 5.76. The van der Waals surface area contributed by atoms with Crippen molar-refractivity contribution in [3.63, 3.8) is 0 Å². The third kappa shape index (κ3) is 4.98. The van der Waals surface area contributed by atoms with Gasteiger partial charge >= 0.3 is 0 Å². The summed E-state index contributed by atoms with van der Waals surface area (Å²) in [5.74, 6) is 0.837. The van der Waals surface area contributed by atoms with Crippen molar-refractivity contribution in [2.75, 3.05) is 19.6 Å². The highest BCUT2D eigenvalue weighted by molar-refractivity contribution is 5.91. The average Bonchev–Trinajstić information content (AvgIpc) is 3.28. The van der Waals surface area contributed by atoms with Gasteiger partial charge in [-0.15, -0.1) is 12.4 Å². The molecule has 1 fully saturated rings. The molecule has 1 aliphatic heterocycles. The first kappa shape index (κ1) is 18.3. The van der Waals surface area contributed by atoms with Crippen LogP contribution in [0.15, 0.2) is 59.2 Å². The van der Waals surface area contributed by atoms with Crippen LogP contribution in [0.25, 0.3) is 6.08 Å². The van der Waals surface area contributed by atoms with Crippen LogP contribution in [0, 0.1) is 0 Å².